The molecule has 2 amide bonds. The third kappa shape index (κ3) is 7.32. The molecule has 0 aliphatic rings. The number of halogens is 3. The molecule has 27 heavy (non-hydrogen) atoms. The van der Waals surface area contributed by atoms with Crippen molar-refractivity contribution in [1.29, 1.82) is 0 Å². The highest BCUT2D eigenvalue weighted by molar-refractivity contribution is 5.94. The highest BCUT2D eigenvalue weighted by Crippen LogP contribution is 2.09. The van der Waals surface area contributed by atoms with Crippen molar-refractivity contribution in [2.24, 2.45) is 5.73 Å². The van der Waals surface area contributed by atoms with Gasteiger partial charge in [-0.15, -0.1) is 12.4 Å². The maximum Gasteiger partial charge on any atom is 0.254 e. The third-order valence-corrected chi connectivity index (χ3v) is 3.79. The first-order chi connectivity index (χ1) is 12.5. The van der Waals surface area contributed by atoms with Crippen molar-refractivity contribution in [2.75, 3.05) is 13.1 Å². The first kappa shape index (κ1) is 22.5. The fraction of sp³-hybridized carbons (Fsp3) is 0.263. The van der Waals surface area contributed by atoms with Gasteiger partial charge in [0.2, 0.25) is 5.91 Å². The van der Waals surface area contributed by atoms with Crippen molar-refractivity contribution in [2.45, 2.75) is 18.9 Å². The van der Waals surface area contributed by atoms with Gasteiger partial charge in [0, 0.05) is 31.6 Å². The lowest BCUT2D eigenvalue weighted by Gasteiger charge is -2.13. The fourth-order valence-corrected chi connectivity index (χ4v) is 2.35. The maximum atomic E-state index is 13.5. The fourth-order valence-electron chi connectivity index (χ4n) is 2.35. The number of hydrogen-bond donors (Lipinski definition) is 3. The van der Waals surface area contributed by atoms with Gasteiger partial charge in [0.1, 0.15) is 11.6 Å². The molecule has 4 N–H and O–H groups in total. The molecule has 146 valence electrons. The Morgan fingerprint density at radius 2 is 1.74 bits per heavy atom. The Balaban J connectivity index is 0.00000364. The molecular formula is C19H22ClF2N3O2. The molecule has 0 heterocycles. The molecule has 2 aromatic rings. The van der Waals surface area contributed by atoms with E-state index in [0.717, 1.165) is 17.7 Å². The Bertz CT molecular complexity index is 760. The number of nitrogens with two attached hydrogens (primary N) is 1. The number of carbonyl (C=O) groups excluding carboxylic acids is 2. The van der Waals surface area contributed by atoms with Gasteiger partial charge in [-0.05, 0) is 24.1 Å². The van der Waals surface area contributed by atoms with Gasteiger partial charge in [-0.1, -0.05) is 30.3 Å². The molecule has 0 aliphatic heterocycles. The standard InChI is InChI=1S/C19H21F2N3O2.ClH/c20-14-8-9-15(16(21)11-14)19(26)23-10-4-7-18(25)24-12-17(22)13-5-2-1-3-6-13;/h1-3,5-6,8-9,11,17H,4,7,10,12,22H2,(H,23,26)(H,24,25);1H. The minimum absolute atomic E-state index is 0. The summed E-state index contributed by atoms with van der Waals surface area (Å²) in [5, 5.41) is 5.24. The summed E-state index contributed by atoms with van der Waals surface area (Å²) >= 11 is 0. The van der Waals surface area contributed by atoms with Crippen LogP contribution in [0.25, 0.3) is 0 Å². The lowest BCUT2D eigenvalue weighted by Crippen LogP contribution is -2.32. The second kappa shape index (κ2) is 11.3. The van der Waals surface area contributed by atoms with Crippen LogP contribution in [0.5, 0.6) is 0 Å². The van der Waals surface area contributed by atoms with Crippen LogP contribution in [-0.4, -0.2) is 24.9 Å². The summed E-state index contributed by atoms with van der Waals surface area (Å²) in [6, 6.07) is 11.9. The quantitative estimate of drug-likeness (QED) is 0.599. The van der Waals surface area contributed by atoms with Crippen LogP contribution in [0, 0.1) is 11.6 Å². The van der Waals surface area contributed by atoms with Gasteiger partial charge in [-0.3, -0.25) is 9.59 Å². The minimum atomic E-state index is -0.921. The molecule has 1 atom stereocenters. The van der Waals surface area contributed by atoms with Crippen molar-refractivity contribution < 1.29 is 18.4 Å². The highest BCUT2D eigenvalue weighted by atomic mass is 35.5. The molecule has 5 nitrogen and oxygen atoms in total. The Morgan fingerprint density at radius 1 is 1.04 bits per heavy atom. The van der Waals surface area contributed by atoms with E-state index in [0.29, 0.717) is 19.0 Å². The van der Waals surface area contributed by atoms with Crippen molar-refractivity contribution in [3.63, 3.8) is 0 Å². The van der Waals surface area contributed by atoms with Crippen LogP contribution in [0.4, 0.5) is 8.78 Å². The van der Waals surface area contributed by atoms with Crippen molar-refractivity contribution in [3.05, 3.63) is 71.3 Å². The van der Waals surface area contributed by atoms with Crippen LogP contribution >= 0.6 is 12.4 Å². The zero-order chi connectivity index (χ0) is 18.9. The summed E-state index contributed by atoms with van der Waals surface area (Å²) in [4.78, 5) is 23.6. The number of hydrogen-bond acceptors (Lipinski definition) is 3. The number of carbonyl (C=O) groups is 2. The van der Waals surface area contributed by atoms with E-state index in [1.54, 1.807) is 0 Å². The Morgan fingerprint density at radius 3 is 2.41 bits per heavy atom. The largest absolute Gasteiger partial charge is 0.354 e. The first-order valence-corrected chi connectivity index (χ1v) is 8.28. The van der Waals surface area contributed by atoms with Gasteiger partial charge >= 0.3 is 0 Å². The molecule has 2 aromatic carbocycles. The van der Waals surface area contributed by atoms with Crippen molar-refractivity contribution in [1.82, 2.24) is 10.6 Å². The molecular weight excluding hydrogens is 376 g/mol. The summed E-state index contributed by atoms with van der Waals surface area (Å²) in [6.45, 7) is 0.518. The minimum Gasteiger partial charge on any atom is -0.354 e. The van der Waals surface area contributed by atoms with E-state index in [4.69, 9.17) is 5.73 Å². The van der Waals surface area contributed by atoms with E-state index >= 15 is 0 Å². The van der Waals surface area contributed by atoms with E-state index < -0.39 is 17.5 Å². The van der Waals surface area contributed by atoms with Gasteiger partial charge in [0.15, 0.2) is 0 Å². The van der Waals surface area contributed by atoms with Crippen LogP contribution in [0.3, 0.4) is 0 Å². The topological polar surface area (TPSA) is 84.2 Å². The molecule has 2 rings (SSSR count). The summed E-state index contributed by atoms with van der Waals surface area (Å²) in [7, 11) is 0. The van der Waals surface area contributed by atoms with Crippen LogP contribution < -0.4 is 16.4 Å². The average Bonchev–Trinajstić information content (AvgIpc) is 2.63. The summed E-state index contributed by atoms with van der Waals surface area (Å²) in [5.74, 6) is -2.49. The van der Waals surface area contributed by atoms with E-state index in [1.807, 2.05) is 30.3 Å². The molecule has 0 bridgehead atoms. The van der Waals surface area contributed by atoms with Gasteiger partial charge in [-0.25, -0.2) is 8.78 Å². The molecule has 0 aliphatic carbocycles. The van der Waals surface area contributed by atoms with E-state index in [9.17, 15) is 18.4 Å². The molecule has 1 unspecified atom stereocenters. The maximum absolute atomic E-state index is 13.5. The number of nitrogens with one attached hydrogen (secondary N) is 2. The monoisotopic (exact) mass is 397 g/mol. The van der Waals surface area contributed by atoms with Crippen LogP contribution in [0.2, 0.25) is 0 Å². The van der Waals surface area contributed by atoms with Gasteiger partial charge < -0.3 is 16.4 Å². The Hall–Kier alpha value is -2.51. The lowest BCUT2D eigenvalue weighted by molar-refractivity contribution is -0.121. The van der Waals surface area contributed by atoms with Gasteiger partial charge in [-0.2, -0.15) is 0 Å². The van der Waals surface area contributed by atoms with Crippen LogP contribution in [0.1, 0.15) is 34.8 Å². The summed E-state index contributed by atoms with van der Waals surface area (Å²) in [5.41, 5.74) is 6.69. The van der Waals surface area contributed by atoms with E-state index in [1.165, 1.54) is 0 Å². The Kier molecular flexibility index (Phi) is 9.39. The highest BCUT2D eigenvalue weighted by Gasteiger charge is 2.12. The van der Waals surface area contributed by atoms with Gasteiger partial charge in [0.25, 0.3) is 5.91 Å². The molecule has 0 saturated carbocycles. The number of benzene rings is 2. The first-order valence-electron chi connectivity index (χ1n) is 8.28. The smallest absolute Gasteiger partial charge is 0.254 e. The predicted octanol–water partition coefficient (Wildman–Crippen LogP) is 2.71. The third-order valence-electron chi connectivity index (χ3n) is 3.79. The predicted molar refractivity (Wildman–Crippen MR) is 102 cm³/mol. The summed E-state index contributed by atoms with van der Waals surface area (Å²) < 4.78 is 26.3. The molecule has 0 fully saturated rings. The zero-order valence-corrected chi connectivity index (χ0v) is 15.4. The van der Waals surface area contributed by atoms with Gasteiger partial charge in [0.05, 0.1) is 5.56 Å². The Labute approximate surface area is 162 Å². The zero-order valence-electron chi connectivity index (χ0n) is 14.6. The normalized spacial score (nSPS) is 11.2. The van der Waals surface area contributed by atoms with Crippen LogP contribution in [-0.2, 0) is 4.79 Å². The molecule has 0 radical (unpaired) electrons. The summed E-state index contributed by atoms with van der Waals surface area (Å²) in [6.07, 6.45) is 0.592. The molecule has 0 spiro atoms. The molecule has 0 aromatic heterocycles. The number of amides is 2. The SMILES string of the molecule is Cl.NC(CNC(=O)CCCNC(=O)c1ccc(F)cc1F)c1ccccc1. The number of rotatable bonds is 8. The van der Waals surface area contributed by atoms with Crippen molar-refractivity contribution >= 4 is 24.2 Å². The molecule has 8 heteroatoms. The molecule has 0 saturated heterocycles. The van der Waals surface area contributed by atoms with Crippen molar-refractivity contribution in [3.8, 4) is 0 Å². The second-order valence-corrected chi connectivity index (χ2v) is 5.80. The van der Waals surface area contributed by atoms with Crippen LogP contribution in [0.15, 0.2) is 48.5 Å². The second-order valence-electron chi connectivity index (χ2n) is 5.80. The average molecular weight is 398 g/mol. The van der Waals surface area contributed by atoms with E-state index in [-0.39, 0.29) is 42.9 Å². The lowest BCUT2D eigenvalue weighted by atomic mass is 10.1. The van der Waals surface area contributed by atoms with E-state index in [2.05, 4.69) is 10.6 Å².